The van der Waals surface area contributed by atoms with Gasteiger partial charge >= 0.3 is 0 Å². The van der Waals surface area contributed by atoms with Gasteiger partial charge in [-0.3, -0.25) is 4.90 Å². The largest absolute Gasteiger partial charge is 0.333 e. The molecule has 102 valence electrons. The van der Waals surface area contributed by atoms with E-state index in [0.29, 0.717) is 5.89 Å². The van der Waals surface area contributed by atoms with Crippen molar-refractivity contribution in [1.82, 2.24) is 20.4 Å². The summed E-state index contributed by atoms with van der Waals surface area (Å²) in [5.74, 6) is 1.39. The minimum absolute atomic E-state index is 0.127. The zero-order valence-corrected chi connectivity index (χ0v) is 12.0. The lowest BCUT2D eigenvalue weighted by Crippen LogP contribution is -2.57. The number of hydrogen-bond donors (Lipinski definition) is 1. The number of rotatable bonds is 3. The van der Waals surface area contributed by atoms with E-state index in [2.05, 4.69) is 34.2 Å². The van der Waals surface area contributed by atoms with Crippen molar-refractivity contribution in [2.75, 3.05) is 19.6 Å². The van der Waals surface area contributed by atoms with Crippen LogP contribution >= 0.6 is 11.3 Å². The van der Waals surface area contributed by atoms with E-state index in [0.717, 1.165) is 36.9 Å². The van der Waals surface area contributed by atoms with E-state index in [-0.39, 0.29) is 5.54 Å². The summed E-state index contributed by atoms with van der Waals surface area (Å²) in [5.41, 5.74) is 0.127. The number of hydrogen-bond acceptors (Lipinski definition) is 6. The zero-order chi connectivity index (χ0) is 13.3. The fraction of sp³-hybridized carbons (Fsp3) is 0.538. The van der Waals surface area contributed by atoms with Gasteiger partial charge in [-0.2, -0.15) is 4.98 Å². The van der Waals surface area contributed by atoms with E-state index in [4.69, 9.17) is 4.52 Å². The van der Waals surface area contributed by atoms with Crippen LogP contribution in [0.4, 0.5) is 0 Å². The average Bonchev–Trinajstić information content (AvgIpc) is 3.02. The third-order valence-corrected chi connectivity index (χ3v) is 4.36. The molecule has 1 saturated heterocycles. The molecule has 1 aliphatic rings. The van der Waals surface area contributed by atoms with Crippen molar-refractivity contribution in [2.45, 2.75) is 25.9 Å². The van der Waals surface area contributed by atoms with Crippen molar-refractivity contribution in [3.05, 3.63) is 23.3 Å². The van der Waals surface area contributed by atoms with Gasteiger partial charge in [0.15, 0.2) is 5.82 Å². The summed E-state index contributed by atoms with van der Waals surface area (Å²) in [5, 5.41) is 9.52. The van der Waals surface area contributed by atoms with Gasteiger partial charge in [-0.1, -0.05) is 11.2 Å². The highest BCUT2D eigenvalue weighted by molar-refractivity contribution is 7.13. The number of nitrogens with zero attached hydrogens (tertiary/aromatic N) is 3. The molecule has 0 aromatic carbocycles. The maximum absolute atomic E-state index is 5.33. The molecule has 2 aromatic rings. The molecule has 0 aliphatic carbocycles. The fourth-order valence-corrected chi connectivity index (χ4v) is 2.95. The normalized spacial score (nSPS) is 19.7. The Morgan fingerprint density at radius 3 is 3.16 bits per heavy atom. The monoisotopic (exact) mass is 278 g/mol. The zero-order valence-electron chi connectivity index (χ0n) is 11.2. The predicted octanol–water partition coefficient (Wildman–Crippen LogP) is 1.98. The predicted molar refractivity (Wildman–Crippen MR) is 75.0 cm³/mol. The Morgan fingerprint density at radius 1 is 1.53 bits per heavy atom. The van der Waals surface area contributed by atoms with Crippen LogP contribution in [0, 0.1) is 0 Å². The van der Waals surface area contributed by atoms with Crippen LogP contribution in [0.3, 0.4) is 0 Å². The van der Waals surface area contributed by atoms with Crippen molar-refractivity contribution in [1.29, 1.82) is 0 Å². The SMILES string of the molecule is CC1(C)CNCCN1Cc1noc(-c2cccs2)n1. The molecular weight excluding hydrogens is 260 g/mol. The van der Waals surface area contributed by atoms with Crippen LogP contribution in [0.5, 0.6) is 0 Å². The molecule has 3 rings (SSSR count). The first-order valence-electron chi connectivity index (χ1n) is 6.47. The molecule has 0 saturated carbocycles. The Balaban J connectivity index is 1.73. The van der Waals surface area contributed by atoms with Crippen molar-refractivity contribution in [3.63, 3.8) is 0 Å². The van der Waals surface area contributed by atoms with Gasteiger partial charge in [-0.25, -0.2) is 0 Å². The summed E-state index contributed by atoms with van der Waals surface area (Å²) in [4.78, 5) is 7.90. The van der Waals surface area contributed by atoms with Crippen LogP contribution in [0.25, 0.3) is 10.8 Å². The molecular formula is C13H18N4OS. The number of nitrogens with one attached hydrogen (secondary N) is 1. The third-order valence-electron chi connectivity index (χ3n) is 3.50. The minimum Gasteiger partial charge on any atom is -0.333 e. The Labute approximate surface area is 116 Å². The van der Waals surface area contributed by atoms with Gasteiger partial charge in [0.05, 0.1) is 11.4 Å². The van der Waals surface area contributed by atoms with E-state index in [9.17, 15) is 0 Å². The summed E-state index contributed by atoms with van der Waals surface area (Å²) in [6, 6.07) is 3.99. The van der Waals surface area contributed by atoms with Gasteiger partial charge in [-0.15, -0.1) is 11.3 Å². The van der Waals surface area contributed by atoms with Gasteiger partial charge < -0.3 is 9.84 Å². The molecule has 2 aromatic heterocycles. The van der Waals surface area contributed by atoms with Crippen LogP contribution in [0.2, 0.25) is 0 Å². The van der Waals surface area contributed by atoms with Crippen molar-refractivity contribution < 1.29 is 4.52 Å². The first-order valence-corrected chi connectivity index (χ1v) is 7.35. The smallest absolute Gasteiger partial charge is 0.268 e. The third kappa shape index (κ3) is 2.70. The second-order valence-corrected chi connectivity index (χ2v) is 6.35. The molecule has 6 heteroatoms. The first kappa shape index (κ1) is 12.8. The number of aromatic nitrogens is 2. The first-order chi connectivity index (χ1) is 9.15. The summed E-state index contributed by atoms with van der Waals surface area (Å²) in [7, 11) is 0. The van der Waals surface area contributed by atoms with Gasteiger partial charge in [-0.05, 0) is 25.3 Å². The topological polar surface area (TPSA) is 54.2 Å². The van der Waals surface area contributed by atoms with Crippen molar-refractivity contribution in [3.8, 4) is 10.8 Å². The maximum Gasteiger partial charge on any atom is 0.268 e. The molecule has 3 heterocycles. The summed E-state index contributed by atoms with van der Waals surface area (Å²) < 4.78 is 5.33. The molecule has 1 N–H and O–H groups in total. The highest BCUT2D eigenvalue weighted by Gasteiger charge is 2.30. The molecule has 1 fully saturated rings. The molecule has 0 unspecified atom stereocenters. The quantitative estimate of drug-likeness (QED) is 0.930. The van der Waals surface area contributed by atoms with Gasteiger partial charge in [0, 0.05) is 25.2 Å². The molecule has 0 spiro atoms. The van der Waals surface area contributed by atoms with E-state index >= 15 is 0 Å². The Hall–Kier alpha value is -1.24. The van der Waals surface area contributed by atoms with Crippen LogP contribution in [0.15, 0.2) is 22.0 Å². The Morgan fingerprint density at radius 2 is 2.42 bits per heavy atom. The van der Waals surface area contributed by atoms with Gasteiger partial charge in [0.2, 0.25) is 0 Å². The molecule has 1 aliphatic heterocycles. The van der Waals surface area contributed by atoms with Gasteiger partial charge in [0.1, 0.15) is 0 Å². The van der Waals surface area contributed by atoms with E-state index in [1.165, 1.54) is 0 Å². The Kier molecular flexibility index (Phi) is 3.38. The van der Waals surface area contributed by atoms with E-state index in [1.807, 2.05) is 17.5 Å². The number of thiophene rings is 1. The molecule has 0 radical (unpaired) electrons. The van der Waals surface area contributed by atoms with Crippen LogP contribution in [-0.2, 0) is 6.54 Å². The summed E-state index contributed by atoms with van der Waals surface area (Å²) >= 11 is 1.62. The molecule has 0 bridgehead atoms. The fourth-order valence-electron chi connectivity index (χ4n) is 2.31. The van der Waals surface area contributed by atoms with E-state index in [1.54, 1.807) is 11.3 Å². The highest BCUT2D eigenvalue weighted by Crippen LogP contribution is 2.24. The average molecular weight is 278 g/mol. The van der Waals surface area contributed by atoms with Crippen molar-refractivity contribution >= 4 is 11.3 Å². The Bertz CT molecular complexity index is 535. The lowest BCUT2D eigenvalue weighted by molar-refractivity contribution is 0.0791. The maximum atomic E-state index is 5.33. The summed E-state index contributed by atoms with van der Waals surface area (Å²) in [6.45, 7) is 8.22. The standard InChI is InChI=1S/C13H18N4OS/c1-13(2)9-14-5-6-17(13)8-11-15-12(18-16-11)10-4-3-7-19-10/h3-4,7,14H,5-6,8-9H2,1-2H3. The molecule has 5 nitrogen and oxygen atoms in total. The van der Waals surface area contributed by atoms with Crippen LogP contribution < -0.4 is 5.32 Å². The molecule has 19 heavy (non-hydrogen) atoms. The lowest BCUT2D eigenvalue weighted by atomic mass is 10.0. The lowest BCUT2D eigenvalue weighted by Gasteiger charge is -2.42. The molecule has 0 amide bonds. The second kappa shape index (κ2) is 5.03. The van der Waals surface area contributed by atoms with Crippen molar-refractivity contribution in [2.24, 2.45) is 0 Å². The van der Waals surface area contributed by atoms with Crippen LogP contribution in [-0.4, -0.2) is 40.2 Å². The summed E-state index contributed by atoms with van der Waals surface area (Å²) in [6.07, 6.45) is 0. The second-order valence-electron chi connectivity index (χ2n) is 5.40. The van der Waals surface area contributed by atoms with E-state index < -0.39 is 0 Å². The van der Waals surface area contributed by atoms with Gasteiger partial charge in [0.25, 0.3) is 5.89 Å². The van der Waals surface area contributed by atoms with Crippen LogP contribution in [0.1, 0.15) is 19.7 Å². The highest BCUT2D eigenvalue weighted by atomic mass is 32.1. The number of piperazine rings is 1. The molecule has 0 atom stereocenters. The minimum atomic E-state index is 0.127.